The lowest BCUT2D eigenvalue weighted by Crippen LogP contribution is -2.11. The van der Waals surface area contributed by atoms with Crippen molar-refractivity contribution in [3.8, 4) is 5.75 Å². The molecule has 0 spiro atoms. The summed E-state index contributed by atoms with van der Waals surface area (Å²) in [5.74, 6) is -0.393. The predicted molar refractivity (Wildman–Crippen MR) is 109 cm³/mol. The van der Waals surface area contributed by atoms with Crippen molar-refractivity contribution in [1.29, 1.82) is 0 Å². The van der Waals surface area contributed by atoms with Crippen LogP contribution in [0.25, 0.3) is 0 Å². The molecule has 0 fully saturated rings. The summed E-state index contributed by atoms with van der Waals surface area (Å²) in [6, 6.07) is 17.3. The van der Waals surface area contributed by atoms with Gasteiger partial charge in [0.2, 0.25) is 0 Å². The van der Waals surface area contributed by atoms with E-state index in [-0.39, 0.29) is 24.5 Å². The maximum atomic E-state index is 12.1. The monoisotopic (exact) mass is 393 g/mol. The molecule has 0 bridgehead atoms. The molecule has 0 aliphatic carbocycles. The van der Waals surface area contributed by atoms with Gasteiger partial charge in [-0.3, -0.25) is 14.4 Å². The number of nitrogens with one attached hydrogen (secondary N) is 1. The molecule has 0 radical (unpaired) electrons. The number of aryl methyl sites for hydroxylation is 1. The largest absolute Gasteiger partial charge is 0.427 e. The molecule has 6 heteroatoms. The third-order valence-electron chi connectivity index (χ3n) is 4.02. The molecule has 3 rings (SSSR count). The molecule has 1 heterocycles. The van der Waals surface area contributed by atoms with Crippen molar-refractivity contribution in [3.05, 3.63) is 82.0 Å². The Hall–Kier alpha value is -3.25. The third-order valence-corrected chi connectivity index (χ3v) is 4.89. The number of ether oxygens (including phenoxy) is 1. The highest BCUT2D eigenvalue weighted by Gasteiger charge is 2.12. The highest BCUT2D eigenvalue weighted by molar-refractivity contribution is 7.12. The van der Waals surface area contributed by atoms with Gasteiger partial charge < -0.3 is 10.1 Å². The zero-order valence-electron chi connectivity index (χ0n) is 15.3. The first-order valence-corrected chi connectivity index (χ1v) is 9.65. The summed E-state index contributed by atoms with van der Waals surface area (Å²) in [5.41, 5.74) is 2.27. The highest BCUT2D eigenvalue weighted by Crippen LogP contribution is 2.18. The molecule has 142 valence electrons. The molecule has 0 aliphatic heterocycles. The number of Topliss-reactive ketones (excluding diaryl/α,β-unsaturated/α-hetero) is 1. The van der Waals surface area contributed by atoms with Crippen LogP contribution in [0.3, 0.4) is 0 Å². The Morgan fingerprint density at radius 3 is 2.29 bits per heavy atom. The second kappa shape index (κ2) is 9.10. The van der Waals surface area contributed by atoms with Gasteiger partial charge in [0.15, 0.2) is 5.78 Å². The molecule has 3 aromatic rings. The topological polar surface area (TPSA) is 72.5 Å². The Balaban J connectivity index is 1.48. The summed E-state index contributed by atoms with van der Waals surface area (Å²) >= 11 is 1.36. The maximum absolute atomic E-state index is 12.1. The van der Waals surface area contributed by atoms with Gasteiger partial charge in [0.25, 0.3) is 5.91 Å². The zero-order chi connectivity index (χ0) is 19.9. The molecular formula is C22H19NO4S. The molecule has 0 saturated heterocycles. The molecule has 0 aliphatic rings. The van der Waals surface area contributed by atoms with Crippen LogP contribution in [0.5, 0.6) is 5.75 Å². The maximum Gasteiger partial charge on any atom is 0.311 e. The first kappa shape index (κ1) is 19.5. The van der Waals surface area contributed by atoms with E-state index in [1.807, 2.05) is 30.5 Å². The van der Waals surface area contributed by atoms with Gasteiger partial charge in [0, 0.05) is 17.7 Å². The van der Waals surface area contributed by atoms with E-state index in [0.717, 1.165) is 5.56 Å². The Morgan fingerprint density at radius 1 is 0.929 bits per heavy atom. The Kier molecular flexibility index (Phi) is 6.34. The van der Waals surface area contributed by atoms with Gasteiger partial charge >= 0.3 is 5.97 Å². The van der Waals surface area contributed by atoms with Gasteiger partial charge in [-0.25, -0.2) is 0 Å². The summed E-state index contributed by atoms with van der Waals surface area (Å²) in [6.07, 6.45) is 0.0976. The van der Waals surface area contributed by atoms with Crippen LogP contribution in [0.15, 0.2) is 66.0 Å². The number of carbonyl (C=O) groups is 3. The van der Waals surface area contributed by atoms with Gasteiger partial charge in [-0.1, -0.05) is 35.9 Å². The average Bonchev–Trinajstić information content (AvgIpc) is 3.23. The van der Waals surface area contributed by atoms with Crippen LogP contribution >= 0.6 is 11.3 Å². The van der Waals surface area contributed by atoms with Crippen molar-refractivity contribution in [2.24, 2.45) is 0 Å². The van der Waals surface area contributed by atoms with Crippen molar-refractivity contribution in [1.82, 2.24) is 0 Å². The number of rotatable bonds is 7. The quantitative estimate of drug-likeness (QED) is 0.353. The minimum absolute atomic E-state index is 0.00355. The fraction of sp³-hybridized carbons (Fsp3) is 0.136. The summed E-state index contributed by atoms with van der Waals surface area (Å²) in [5, 5.41) is 4.61. The zero-order valence-corrected chi connectivity index (χ0v) is 16.1. The van der Waals surface area contributed by atoms with E-state index < -0.39 is 5.97 Å². The third kappa shape index (κ3) is 5.37. The number of amides is 1. The van der Waals surface area contributed by atoms with Crippen LogP contribution in [-0.4, -0.2) is 17.7 Å². The van der Waals surface area contributed by atoms with Crippen molar-refractivity contribution in [2.75, 3.05) is 5.32 Å². The predicted octanol–water partition coefficient (Wildman–Crippen LogP) is 4.88. The second-order valence-electron chi connectivity index (χ2n) is 6.22. The number of benzene rings is 2. The summed E-state index contributed by atoms with van der Waals surface area (Å²) in [6.45, 7) is 1.95. The summed E-state index contributed by atoms with van der Waals surface area (Å²) in [7, 11) is 0. The number of ketones is 1. The normalized spacial score (nSPS) is 10.3. The number of hydrogen-bond donors (Lipinski definition) is 1. The van der Waals surface area contributed by atoms with Crippen LogP contribution < -0.4 is 10.1 Å². The first-order valence-electron chi connectivity index (χ1n) is 8.77. The Labute approximate surface area is 167 Å². The molecule has 5 nitrogen and oxygen atoms in total. The van der Waals surface area contributed by atoms with E-state index in [1.54, 1.807) is 42.5 Å². The molecular weight excluding hydrogens is 374 g/mol. The molecule has 1 amide bonds. The summed E-state index contributed by atoms with van der Waals surface area (Å²) < 4.78 is 5.25. The fourth-order valence-electron chi connectivity index (χ4n) is 2.49. The van der Waals surface area contributed by atoms with Crippen LogP contribution in [0.2, 0.25) is 0 Å². The number of thiophene rings is 1. The smallest absolute Gasteiger partial charge is 0.311 e. The van der Waals surface area contributed by atoms with Crippen molar-refractivity contribution >= 4 is 34.7 Å². The number of carbonyl (C=O) groups excluding carboxylic acids is 3. The molecule has 1 aromatic heterocycles. The molecule has 0 unspecified atom stereocenters. The molecule has 0 atom stereocenters. The van der Waals surface area contributed by atoms with E-state index in [2.05, 4.69) is 5.32 Å². The fourth-order valence-corrected chi connectivity index (χ4v) is 3.11. The standard InChI is InChI=1S/C22H19NO4S/c1-15-4-6-16(7-5-15)19(24)12-13-21(25)27-18-10-8-17(9-11-18)23-22(26)20-3-2-14-28-20/h2-11,14H,12-13H2,1H3,(H,23,26). The SMILES string of the molecule is Cc1ccc(C(=O)CCC(=O)Oc2ccc(NC(=O)c3cccs3)cc2)cc1. The molecule has 28 heavy (non-hydrogen) atoms. The Morgan fingerprint density at radius 2 is 1.64 bits per heavy atom. The average molecular weight is 393 g/mol. The highest BCUT2D eigenvalue weighted by atomic mass is 32.1. The van der Waals surface area contributed by atoms with Crippen LogP contribution in [0.1, 0.15) is 38.4 Å². The van der Waals surface area contributed by atoms with Crippen molar-refractivity contribution < 1.29 is 19.1 Å². The van der Waals surface area contributed by atoms with Gasteiger partial charge in [-0.2, -0.15) is 0 Å². The lowest BCUT2D eigenvalue weighted by Gasteiger charge is -2.07. The van der Waals surface area contributed by atoms with Gasteiger partial charge in [0.1, 0.15) is 5.75 Å². The van der Waals surface area contributed by atoms with Crippen LogP contribution in [-0.2, 0) is 4.79 Å². The van der Waals surface area contributed by atoms with E-state index in [4.69, 9.17) is 4.74 Å². The van der Waals surface area contributed by atoms with Gasteiger partial charge in [0.05, 0.1) is 11.3 Å². The lowest BCUT2D eigenvalue weighted by atomic mass is 10.1. The number of esters is 1. The van der Waals surface area contributed by atoms with E-state index in [1.165, 1.54) is 11.3 Å². The molecule has 0 saturated carbocycles. The summed E-state index contributed by atoms with van der Waals surface area (Å²) in [4.78, 5) is 36.7. The van der Waals surface area contributed by atoms with E-state index in [9.17, 15) is 14.4 Å². The lowest BCUT2D eigenvalue weighted by molar-refractivity contribution is -0.134. The number of anilines is 1. The van der Waals surface area contributed by atoms with Crippen LogP contribution in [0, 0.1) is 6.92 Å². The second-order valence-corrected chi connectivity index (χ2v) is 7.17. The van der Waals surface area contributed by atoms with Crippen molar-refractivity contribution in [2.45, 2.75) is 19.8 Å². The van der Waals surface area contributed by atoms with Crippen molar-refractivity contribution in [3.63, 3.8) is 0 Å². The minimum Gasteiger partial charge on any atom is -0.427 e. The van der Waals surface area contributed by atoms with Crippen LogP contribution in [0.4, 0.5) is 5.69 Å². The molecule has 2 aromatic carbocycles. The van der Waals surface area contributed by atoms with Gasteiger partial charge in [-0.15, -0.1) is 11.3 Å². The molecule has 1 N–H and O–H groups in total. The Bertz CT molecular complexity index is 961. The van der Waals surface area contributed by atoms with Gasteiger partial charge in [-0.05, 0) is 42.6 Å². The van der Waals surface area contributed by atoms with E-state index in [0.29, 0.717) is 21.9 Å². The van der Waals surface area contributed by atoms with E-state index >= 15 is 0 Å². The number of hydrogen-bond acceptors (Lipinski definition) is 5. The first-order chi connectivity index (χ1) is 13.5. The minimum atomic E-state index is -0.476.